The second-order valence-corrected chi connectivity index (χ2v) is 6.69. The van der Waals surface area contributed by atoms with E-state index < -0.39 is 0 Å². The zero-order valence-electron chi connectivity index (χ0n) is 14.5. The third-order valence-electron chi connectivity index (χ3n) is 4.66. The van der Waals surface area contributed by atoms with Crippen molar-refractivity contribution in [3.8, 4) is 0 Å². The van der Waals surface area contributed by atoms with Crippen LogP contribution >= 0.6 is 0 Å². The van der Waals surface area contributed by atoms with E-state index in [0.717, 1.165) is 30.6 Å². The maximum absolute atomic E-state index is 13.3. The molecule has 0 bridgehead atoms. The third kappa shape index (κ3) is 4.86. The summed E-state index contributed by atoms with van der Waals surface area (Å²) in [6, 6.07) is 12.3. The second-order valence-electron chi connectivity index (χ2n) is 6.69. The maximum Gasteiger partial charge on any atom is 0.224 e. The lowest BCUT2D eigenvalue weighted by Crippen LogP contribution is -2.43. The molecule has 0 saturated carbocycles. The number of amides is 1. The predicted octanol–water partition coefficient (Wildman–Crippen LogP) is 3.31. The standard InChI is InChI=1S/C20H24FN3O/c1-15(19-9-2-3-10-22-19)23-20(25)17-7-5-11-24(14-17)13-16-6-4-8-18(21)12-16/h2-4,6,8-10,12,15,17H,5,7,11,13-14H2,1H3,(H,23,25)/t15-,17-/m1/s1. The number of aromatic nitrogens is 1. The van der Waals surface area contributed by atoms with Gasteiger partial charge < -0.3 is 5.32 Å². The van der Waals surface area contributed by atoms with Gasteiger partial charge in [0.1, 0.15) is 5.82 Å². The van der Waals surface area contributed by atoms with Crippen molar-refractivity contribution in [2.24, 2.45) is 5.92 Å². The molecule has 5 heteroatoms. The van der Waals surface area contributed by atoms with Gasteiger partial charge in [0.2, 0.25) is 5.91 Å². The highest BCUT2D eigenvalue weighted by atomic mass is 19.1. The molecule has 2 heterocycles. The highest BCUT2D eigenvalue weighted by Crippen LogP contribution is 2.20. The van der Waals surface area contributed by atoms with Crippen LogP contribution in [0, 0.1) is 11.7 Å². The molecule has 1 fully saturated rings. The summed E-state index contributed by atoms with van der Waals surface area (Å²) in [6.45, 7) is 4.28. The number of halogens is 1. The summed E-state index contributed by atoms with van der Waals surface area (Å²) in [6.07, 6.45) is 3.60. The molecule has 1 aliphatic rings. The second kappa shape index (κ2) is 8.21. The molecule has 4 nitrogen and oxygen atoms in total. The van der Waals surface area contributed by atoms with Gasteiger partial charge in [-0.25, -0.2) is 4.39 Å². The minimum Gasteiger partial charge on any atom is -0.348 e. The van der Waals surface area contributed by atoms with Crippen LogP contribution in [0.15, 0.2) is 48.7 Å². The average molecular weight is 341 g/mol. The van der Waals surface area contributed by atoms with E-state index in [1.54, 1.807) is 18.3 Å². The first-order valence-electron chi connectivity index (χ1n) is 8.80. The molecule has 0 unspecified atom stereocenters. The number of pyridine rings is 1. The molecule has 1 N–H and O–H groups in total. The summed E-state index contributed by atoms with van der Waals surface area (Å²) in [5, 5.41) is 3.07. The van der Waals surface area contributed by atoms with Crippen molar-refractivity contribution in [3.05, 3.63) is 65.7 Å². The monoisotopic (exact) mass is 341 g/mol. The SMILES string of the molecule is C[C@@H](NC(=O)[C@@H]1CCCN(Cc2cccc(F)c2)C1)c1ccccn1. The minimum absolute atomic E-state index is 0.0338. The van der Waals surface area contributed by atoms with Gasteiger partial charge in [0.25, 0.3) is 0 Å². The first-order chi connectivity index (χ1) is 12.1. The van der Waals surface area contributed by atoms with Crippen molar-refractivity contribution in [1.29, 1.82) is 0 Å². The summed E-state index contributed by atoms with van der Waals surface area (Å²) in [7, 11) is 0. The van der Waals surface area contributed by atoms with Gasteiger partial charge in [0, 0.05) is 19.3 Å². The summed E-state index contributed by atoms with van der Waals surface area (Å²) < 4.78 is 13.3. The van der Waals surface area contributed by atoms with Crippen molar-refractivity contribution in [2.45, 2.75) is 32.4 Å². The molecule has 1 saturated heterocycles. The van der Waals surface area contributed by atoms with Gasteiger partial charge in [-0.05, 0) is 56.1 Å². The highest BCUT2D eigenvalue weighted by Gasteiger charge is 2.27. The molecule has 132 valence electrons. The first kappa shape index (κ1) is 17.5. The molecule has 1 amide bonds. The van der Waals surface area contributed by atoms with Crippen LogP contribution in [-0.4, -0.2) is 28.9 Å². The van der Waals surface area contributed by atoms with Crippen LogP contribution in [0.5, 0.6) is 0 Å². The summed E-state index contributed by atoms with van der Waals surface area (Å²) in [5.74, 6) is -0.177. The van der Waals surface area contributed by atoms with Crippen LogP contribution in [0.2, 0.25) is 0 Å². The topological polar surface area (TPSA) is 45.2 Å². The Bertz CT molecular complexity index is 707. The van der Waals surface area contributed by atoms with Gasteiger partial charge >= 0.3 is 0 Å². The van der Waals surface area contributed by atoms with E-state index in [9.17, 15) is 9.18 Å². The maximum atomic E-state index is 13.3. The fourth-order valence-corrected chi connectivity index (χ4v) is 3.34. The number of piperidine rings is 1. The van der Waals surface area contributed by atoms with Crippen LogP contribution in [0.1, 0.15) is 37.1 Å². The Hall–Kier alpha value is -2.27. The molecular formula is C20H24FN3O. The number of carbonyl (C=O) groups excluding carboxylic acids is 1. The number of hydrogen-bond donors (Lipinski definition) is 1. The number of hydrogen-bond acceptors (Lipinski definition) is 3. The zero-order valence-corrected chi connectivity index (χ0v) is 14.5. The Kier molecular flexibility index (Phi) is 5.76. The molecule has 0 aliphatic carbocycles. The number of nitrogens with zero attached hydrogens (tertiary/aromatic N) is 2. The molecule has 1 aromatic heterocycles. The largest absolute Gasteiger partial charge is 0.348 e. The predicted molar refractivity (Wildman–Crippen MR) is 95.2 cm³/mol. The Morgan fingerprint density at radius 3 is 3.00 bits per heavy atom. The Morgan fingerprint density at radius 2 is 2.24 bits per heavy atom. The van der Waals surface area contributed by atoms with Crippen LogP contribution in [0.25, 0.3) is 0 Å². The number of rotatable bonds is 5. The molecule has 3 rings (SSSR count). The van der Waals surface area contributed by atoms with Crippen molar-refractivity contribution in [2.75, 3.05) is 13.1 Å². The van der Waals surface area contributed by atoms with E-state index in [1.807, 2.05) is 31.2 Å². The molecule has 0 spiro atoms. The van der Waals surface area contributed by atoms with Crippen molar-refractivity contribution in [1.82, 2.24) is 15.2 Å². The van der Waals surface area contributed by atoms with Gasteiger partial charge in [-0.2, -0.15) is 0 Å². The summed E-state index contributed by atoms with van der Waals surface area (Å²) in [4.78, 5) is 19.1. The Labute approximate surface area is 148 Å². The summed E-state index contributed by atoms with van der Waals surface area (Å²) >= 11 is 0. The van der Waals surface area contributed by atoms with Crippen LogP contribution in [-0.2, 0) is 11.3 Å². The normalized spacial score (nSPS) is 19.4. The van der Waals surface area contributed by atoms with E-state index in [4.69, 9.17) is 0 Å². The molecule has 1 aromatic carbocycles. The van der Waals surface area contributed by atoms with Crippen molar-refractivity contribution >= 4 is 5.91 Å². The van der Waals surface area contributed by atoms with Gasteiger partial charge in [-0.3, -0.25) is 14.7 Å². The smallest absolute Gasteiger partial charge is 0.224 e. The fraction of sp³-hybridized carbons (Fsp3) is 0.400. The van der Waals surface area contributed by atoms with E-state index >= 15 is 0 Å². The molecule has 2 atom stereocenters. The Morgan fingerprint density at radius 1 is 1.36 bits per heavy atom. The lowest BCUT2D eigenvalue weighted by molar-refractivity contribution is -0.127. The highest BCUT2D eigenvalue weighted by molar-refractivity contribution is 5.79. The number of nitrogens with one attached hydrogen (secondary N) is 1. The fourth-order valence-electron chi connectivity index (χ4n) is 3.34. The number of carbonyl (C=O) groups is 1. The average Bonchev–Trinajstić information content (AvgIpc) is 2.62. The van der Waals surface area contributed by atoms with E-state index in [1.165, 1.54) is 6.07 Å². The molecule has 1 aliphatic heterocycles. The van der Waals surface area contributed by atoms with Gasteiger partial charge in [0.15, 0.2) is 0 Å². The molecule has 25 heavy (non-hydrogen) atoms. The van der Waals surface area contributed by atoms with E-state index in [-0.39, 0.29) is 23.7 Å². The quantitative estimate of drug-likeness (QED) is 0.907. The Balaban J connectivity index is 1.56. The lowest BCUT2D eigenvalue weighted by Gasteiger charge is -2.32. The van der Waals surface area contributed by atoms with Crippen LogP contribution < -0.4 is 5.32 Å². The minimum atomic E-state index is -0.215. The third-order valence-corrected chi connectivity index (χ3v) is 4.66. The van der Waals surface area contributed by atoms with Gasteiger partial charge in [0.05, 0.1) is 17.7 Å². The first-order valence-corrected chi connectivity index (χ1v) is 8.80. The number of likely N-dealkylation sites (tertiary alicyclic amines) is 1. The number of benzene rings is 1. The summed E-state index contributed by atoms with van der Waals surface area (Å²) in [5.41, 5.74) is 1.81. The zero-order chi connectivity index (χ0) is 17.6. The van der Waals surface area contributed by atoms with Crippen LogP contribution in [0.4, 0.5) is 4.39 Å². The van der Waals surface area contributed by atoms with Gasteiger partial charge in [-0.1, -0.05) is 18.2 Å². The molecule has 2 aromatic rings. The molecular weight excluding hydrogens is 317 g/mol. The molecule has 0 radical (unpaired) electrons. The van der Waals surface area contributed by atoms with E-state index in [0.29, 0.717) is 13.1 Å². The lowest BCUT2D eigenvalue weighted by atomic mass is 9.96. The van der Waals surface area contributed by atoms with E-state index in [2.05, 4.69) is 15.2 Å². The van der Waals surface area contributed by atoms with Crippen molar-refractivity contribution < 1.29 is 9.18 Å². The van der Waals surface area contributed by atoms with Crippen LogP contribution in [0.3, 0.4) is 0 Å². The van der Waals surface area contributed by atoms with Gasteiger partial charge in [-0.15, -0.1) is 0 Å². The van der Waals surface area contributed by atoms with Crippen molar-refractivity contribution in [3.63, 3.8) is 0 Å².